The molecule has 2 aromatic carbocycles. The number of para-hydroxylation sites is 1. The van der Waals surface area contributed by atoms with E-state index in [0.29, 0.717) is 17.6 Å². The molecule has 1 unspecified atom stereocenters. The average Bonchev–Trinajstić information content (AvgIpc) is 3.46. The van der Waals surface area contributed by atoms with Gasteiger partial charge in [0.2, 0.25) is 16.0 Å². The maximum Gasteiger partial charge on any atom is 0.245 e. The average molecular weight is 619 g/mol. The molecule has 0 bridgehead atoms. The number of benzene rings is 2. The Kier molecular flexibility index (Phi) is 8.92. The predicted molar refractivity (Wildman–Crippen MR) is 177 cm³/mol. The predicted octanol–water partition coefficient (Wildman–Crippen LogP) is 4.37. The summed E-state index contributed by atoms with van der Waals surface area (Å²) in [6, 6.07) is 17.4. The van der Waals surface area contributed by atoms with E-state index in [2.05, 4.69) is 48.9 Å². The molecule has 44 heavy (non-hydrogen) atoms. The molecule has 234 valence electrons. The van der Waals surface area contributed by atoms with Crippen LogP contribution in [0.4, 0.5) is 23.0 Å². The second-order valence-corrected chi connectivity index (χ2v) is 13.8. The molecule has 4 heterocycles. The zero-order valence-electron chi connectivity index (χ0n) is 25.7. The fourth-order valence-corrected chi connectivity index (χ4v) is 6.80. The molecule has 2 N–H and O–H groups in total. The molecule has 1 atom stereocenters. The quantitative estimate of drug-likeness (QED) is 0.268. The first kappa shape index (κ1) is 30.2. The van der Waals surface area contributed by atoms with Crippen LogP contribution >= 0.6 is 0 Å². The Morgan fingerprint density at radius 2 is 1.82 bits per heavy atom. The van der Waals surface area contributed by atoms with Crippen molar-refractivity contribution >= 4 is 38.6 Å². The number of fused-ring (bicyclic) bond motifs is 1. The lowest BCUT2D eigenvalue weighted by Gasteiger charge is -2.39. The third-order valence-electron chi connectivity index (χ3n) is 8.68. The van der Waals surface area contributed by atoms with Crippen molar-refractivity contribution in [2.75, 3.05) is 80.7 Å². The minimum Gasteiger partial charge on any atom is -0.494 e. The number of nitrogens with one attached hydrogen (secondary N) is 2. The van der Waals surface area contributed by atoms with E-state index >= 15 is 0 Å². The van der Waals surface area contributed by atoms with Crippen LogP contribution < -0.4 is 19.7 Å². The number of hydrogen-bond acceptors (Lipinski definition) is 9. The van der Waals surface area contributed by atoms with Gasteiger partial charge < -0.3 is 24.8 Å². The van der Waals surface area contributed by atoms with Gasteiger partial charge in [0.05, 0.1) is 41.6 Å². The second kappa shape index (κ2) is 13.0. The Morgan fingerprint density at radius 3 is 2.61 bits per heavy atom. The highest BCUT2D eigenvalue weighted by molar-refractivity contribution is 7.92. The lowest BCUT2D eigenvalue weighted by Crippen LogP contribution is -2.48. The van der Waals surface area contributed by atoms with Crippen LogP contribution in [0.2, 0.25) is 0 Å². The summed E-state index contributed by atoms with van der Waals surface area (Å²) < 4.78 is 34.9. The summed E-state index contributed by atoms with van der Waals surface area (Å²) >= 11 is 0. The van der Waals surface area contributed by atoms with Gasteiger partial charge >= 0.3 is 0 Å². The number of anilines is 4. The van der Waals surface area contributed by atoms with Crippen molar-refractivity contribution in [3.05, 3.63) is 60.8 Å². The molecule has 0 amide bonds. The van der Waals surface area contributed by atoms with Gasteiger partial charge in [0.15, 0.2) is 0 Å². The van der Waals surface area contributed by atoms with Crippen molar-refractivity contribution in [1.82, 2.24) is 24.4 Å². The van der Waals surface area contributed by atoms with Crippen molar-refractivity contribution < 1.29 is 13.2 Å². The van der Waals surface area contributed by atoms with E-state index in [0.717, 1.165) is 79.7 Å². The summed E-state index contributed by atoms with van der Waals surface area (Å²) in [5.74, 6) is 1.77. The van der Waals surface area contributed by atoms with Gasteiger partial charge in [0.25, 0.3) is 0 Å². The number of methoxy groups -OCH3 is 1. The van der Waals surface area contributed by atoms with Crippen LogP contribution in [-0.4, -0.2) is 98.5 Å². The Balaban J connectivity index is 1.20. The van der Waals surface area contributed by atoms with Gasteiger partial charge in [-0.25, -0.2) is 17.9 Å². The number of aromatic nitrogens is 3. The highest BCUT2D eigenvalue weighted by Gasteiger charge is 2.25. The maximum atomic E-state index is 12.3. The molecule has 2 aliphatic heterocycles. The fraction of sp³-hybridized carbons (Fsp3) is 0.438. The Labute approximate surface area is 259 Å². The molecular weight excluding hydrogens is 576 g/mol. The smallest absolute Gasteiger partial charge is 0.245 e. The molecule has 0 spiro atoms. The summed E-state index contributed by atoms with van der Waals surface area (Å²) in [6.07, 6.45) is 4.21. The van der Waals surface area contributed by atoms with Crippen molar-refractivity contribution in [3.8, 4) is 17.0 Å². The lowest BCUT2D eigenvalue weighted by atomic mass is 9.96. The first-order valence-electron chi connectivity index (χ1n) is 15.4. The van der Waals surface area contributed by atoms with Gasteiger partial charge in [0.1, 0.15) is 5.75 Å². The Hall–Kier alpha value is -3.87. The van der Waals surface area contributed by atoms with E-state index in [1.54, 1.807) is 30.8 Å². The topological polar surface area (TPSA) is 107 Å². The van der Waals surface area contributed by atoms with Crippen LogP contribution in [0.3, 0.4) is 0 Å². The van der Waals surface area contributed by atoms with E-state index in [9.17, 15) is 8.42 Å². The summed E-state index contributed by atoms with van der Waals surface area (Å²) in [6.45, 7) is 9.49. The molecule has 0 aliphatic carbocycles. The number of piperidine rings is 1. The molecule has 11 nitrogen and oxygen atoms in total. The molecule has 4 aromatic rings. The van der Waals surface area contributed by atoms with Gasteiger partial charge in [-0.05, 0) is 63.1 Å². The number of ether oxygens (including phenoxy) is 1. The lowest BCUT2D eigenvalue weighted by molar-refractivity contribution is 0.131. The monoisotopic (exact) mass is 618 g/mol. The molecule has 2 aliphatic rings. The second-order valence-electron chi connectivity index (χ2n) is 11.8. The normalized spacial score (nSPS) is 18.4. The van der Waals surface area contributed by atoms with Crippen LogP contribution in [-0.2, 0) is 10.0 Å². The summed E-state index contributed by atoms with van der Waals surface area (Å²) in [5.41, 5.74) is 4.69. The van der Waals surface area contributed by atoms with Gasteiger partial charge in [-0.15, -0.1) is 5.10 Å². The van der Waals surface area contributed by atoms with Crippen molar-refractivity contribution in [1.29, 1.82) is 0 Å². The van der Waals surface area contributed by atoms with Crippen LogP contribution in [0.1, 0.15) is 19.8 Å². The maximum absolute atomic E-state index is 12.3. The Morgan fingerprint density at radius 1 is 1.00 bits per heavy atom. The van der Waals surface area contributed by atoms with Crippen LogP contribution in [0.25, 0.3) is 16.8 Å². The third-order valence-corrected chi connectivity index (χ3v) is 9.97. The largest absolute Gasteiger partial charge is 0.494 e. The van der Waals surface area contributed by atoms with Gasteiger partial charge in [-0.1, -0.05) is 18.2 Å². The van der Waals surface area contributed by atoms with Crippen LogP contribution in [0, 0.1) is 5.92 Å². The minimum atomic E-state index is -3.45. The standard InChI is InChI=1S/C32H42N8O3S/c1-4-44(41,42)36-28-10-6-5-9-27(28)30-14-12-26-21-33-32(35-40(26)30)34-29-13-11-25(20-31(29)43-3)39-15-7-8-24(23-39)22-38-18-16-37(2)17-19-38/h5-6,9-14,20-21,24,36H,4,7-8,15-19,22-23H2,1-3H3,(H,34,35). The summed E-state index contributed by atoms with van der Waals surface area (Å²) in [4.78, 5) is 12.0. The molecule has 2 aromatic heterocycles. The number of sulfonamides is 1. The molecule has 6 rings (SSSR count). The first-order valence-corrected chi connectivity index (χ1v) is 17.0. The number of piperazine rings is 1. The molecule has 2 fully saturated rings. The Bertz CT molecular complexity index is 1700. The van der Waals surface area contributed by atoms with Crippen LogP contribution in [0.5, 0.6) is 5.75 Å². The SMILES string of the molecule is CCS(=O)(=O)Nc1ccccc1-c1ccc2cnc(Nc3ccc(N4CCCC(CN5CCN(C)CC5)C4)cc3OC)nn12. The van der Waals surface area contributed by atoms with E-state index < -0.39 is 10.0 Å². The number of likely N-dealkylation sites (N-methyl/N-ethyl adjacent to an activating group) is 1. The van der Waals surface area contributed by atoms with E-state index in [4.69, 9.17) is 9.84 Å². The fourth-order valence-electron chi connectivity index (χ4n) is 6.14. The van der Waals surface area contributed by atoms with Gasteiger partial charge in [0, 0.05) is 63.1 Å². The van der Waals surface area contributed by atoms with Gasteiger partial charge in [-0.3, -0.25) is 4.72 Å². The highest BCUT2D eigenvalue weighted by Crippen LogP contribution is 2.34. The molecule has 0 radical (unpaired) electrons. The van der Waals surface area contributed by atoms with Crippen LogP contribution in [0.15, 0.2) is 60.8 Å². The molecule has 12 heteroatoms. The summed E-state index contributed by atoms with van der Waals surface area (Å²) in [5, 5.41) is 8.10. The van der Waals surface area contributed by atoms with Crippen molar-refractivity contribution in [3.63, 3.8) is 0 Å². The van der Waals surface area contributed by atoms with Crippen molar-refractivity contribution in [2.24, 2.45) is 5.92 Å². The molecule has 0 saturated carbocycles. The minimum absolute atomic E-state index is 0.0119. The van der Waals surface area contributed by atoms with Crippen molar-refractivity contribution in [2.45, 2.75) is 19.8 Å². The number of nitrogens with zero attached hydrogens (tertiary/aromatic N) is 6. The third kappa shape index (κ3) is 6.77. The number of rotatable bonds is 10. The zero-order chi connectivity index (χ0) is 30.7. The molecule has 2 saturated heterocycles. The van der Waals surface area contributed by atoms with E-state index in [1.807, 2.05) is 36.4 Å². The first-order chi connectivity index (χ1) is 21.3. The van der Waals surface area contributed by atoms with E-state index in [1.165, 1.54) is 12.8 Å². The highest BCUT2D eigenvalue weighted by atomic mass is 32.2. The summed E-state index contributed by atoms with van der Waals surface area (Å²) in [7, 11) is 0.439. The zero-order valence-corrected chi connectivity index (χ0v) is 26.6. The number of hydrogen-bond donors (Lipinski definition) is 2. The molecular formula is C32H42N8O3S. The van der Waals surface area contributed by atoms with Gasteiger partial charge in [-0.2, -0.15) is 0 Å². The van der Waals surface area contributed by atoms with E-state index in [-0.39, 0.29) is 5.75 Å².